The van der Waals surface area contributed by atoms with Crippen molar-refractivity contribution in [2.45, 2.75) is 71.2 Å². The van der Waals surface area contributed by atoms with E-state index in [0.717, 1.165) is 18.4 Å². The highest BCUT2D eigenvalue weighted by molar-refractivity contribution is 5.87. The molecule has 2 saturated carbocycles. The summed E-state index contributed by atoms with van der Waals surface area (Å²) < 4.78 is 6.01. The van der Waals surface area contributed by atoms with Crippen LogP contribution in [0.5, 0.6) is 0 Å². The zero-order chi connectivity index (χ0) is 20.5. The fourth-order valence-corrected chi connectivity index (χ4v) is 5.57. The Kier molecular flexibility index (Phi) is 6.02. The van der Waals surface area contributed by atoms with Gasteiger partial charge < -0.3 is 14.9 Å². The number of fused-ring (bicyclic) bond motifs is 1. The molecule has 1 aromatic carbocycles. The third kappa shape index (κ3) is 4.04. The van der Waals surface area contributed by atoms with E-state index >= 15 is 0 Å². The molecule has 0 amide bonds. The van der Waals surface area contributed by atoms with Gasteiger partial charge in [0.1, 0.15) is 6.10 Å². The van der Waals surface area contributed by atoms with Gasteiger partial charge in [-0.1, -0.05) is 51.1 Å². The van der Waals surface area contributed by atoms with Crippen molar-refractivity contribution in [3.05, 3.63) is 42.0 Å². The number of carbonyl (C=O) groups is 1. The van der Waals surface area contributed by atoms with Gasteiger partial charge in [-0.15, -0.1) is 0 Å². The number of ether oxygens (including phenoxy) is 1. The Morgan fingerprint density at radius 2 is 1.89 bits per heavy atom. The van der Waals surface area contributed by atoms with E-state index < -0.39 is 23.2 Å². The summed E-state index contributed by atoms with van der Waals surface area (Å²) in [6.45, 7) is 8.08. The highest BCUT2D eigenvalue weighted by Gasteiger charge is 2.61. The summed E-state index contributed by atoms with van der Waals surface area (Å²) in [5.41, 5.74) is -0.468. The Morgan fingerprint density at radius 3 is 2.54 bits per heavy atom. The lowest BCUT2D eigenvalue weighted by Gasteiger charge is -2.59. The third-order valence-corrected chi connectivity index (χ3v) is 7.11. The fraction of sp³-hybridized carbons (Fsp3) is 0.625. The quantitative estimate of drug-likeness (QED) is 0.601. The number of hydrogen-bond donors (Lipinski definition) is 2. The molecular formula is C24H34O4. The summed E-state index contributed by atoms with van der Waals surface area (Å²) >= 11 is 0. The summed E-state index contributed by atoms with van der Waals surface area (Å²) in [6, 6.07) is 9.64. The van der Waals surface area contributed by atoms with Crippen LogP contribution >= 0.6 is 0 Å². The summed E-state index contributed by atoms with van der Waals surface area (Å²) in [5, 5.41) is 22.2. The van der Waals surface area contributed by atoms with E-state index in [9.17, 15) is 15.0 Å². The first-order chi connectivity index (χ1) is 13.1. The zero-order valence-corrected chi connectivity index (χ0v) is 17.5. The maximum atomic E-state index is 12.7. The van der Waals surface area contributed by atoms with Gasteiger partial charge in [0.25, 0.3) is 0 Å². The molecule has 0 aliphatic heterocycles. The Bertz CT molecular complexity index is 709. The smallest absolute Gasteiger partial charge is 0.331 e. The second kappa shape index (κ2) is 8.00. The van der Waals surface area contributed by atoms with E-state index in [0.29, 0.717) is 12.8 Å². The monoisotopic (exact) mass is 386 g/mol. The maximum absolute atomic E-state index is 12.7. The number of carbonyl (C=O) groups excluding carboxylic acids is 1. The number of aliphatic hydroxyl groups is 2. The molecule has 2 fully saturated rings. The summed E-state index contributed by atoms with van der Waals surface area (Å²) in [4.78, 5) is 12.7. The Hall–Kier alpha value is -1.65. The lowest BCUT2D eigenvalue weighted by molar-refractivity contribution is -0.230. The minimum Gasteiger partial charge on any atom is -0.458 e. The van der Waals surface area contributed by atoms with Crippen LogP contribution in [0.3, 0.4) is 0 Å². The molecule has 2 aliphatic carbocycles. The lowest BCUT2D eigenvalue weighted by atomic mass is 9.50. The van der Waals surface area contributed by atoms with Crippen molar-refractivity contribution < 1.29 is 19.7 Å². The van der Waals surface area contributed by atoms with Gasteiger partial charge >= 0.3 is 5.97 Å². The number of rotatable bonds is 4. The first-order valence-corrected chi connectivity index (χ1v) is 10.5. The molecule has 0 spiro atoms. The molecule has 2 aliphatic rings. The van der Waals surface area contributed by atoms with Gasteiger partial charge in [0.15, 0.2) is 0 Å². The molecule has 0 saturated heterocycles. The predicted octanol–water partition coefficient (Wildman–Crippen LogP) is 4.21. The first-order valence-electron chi connectivity index (χ1n) is 10.5. The summed E-state index contributed by atoms with van der Waals surface area (Å²) in [7, 11) is 0. The summed E-state index contributed by atoms with van der Waals surface area (Å²) in [5.74, 6) is -0.404. The average Bonchev–Trinajstić information content (AvgIpc) is 2.62. The topological polar surface area (TPSA) is 66.8 Å². The highest BCUT2D eigenvalue weighted by atomic mass is 16.5. The summed E-state index contributed by atoms with van der Waals surface area (Å²) in [6.07, 6.45) is 5.30. The number of esters is 1. The minimum atomic E-state index is -0.963. The van der Waals surface area contributed by atoms with Crippen molar-refractivity contribution in [2.75, 3.05) is 0 Å². The minimum absolute atomic E-state index is 0.0201. The van der Waals surface area contributed by atoms with Crippen LogP contribution in [0.25, 0.3) is 6.08 Å². The van der Waals surface area contributed by atoms with Crippen molar-refractivity contribution in [2.24, 2.45) is 23.2 Å². The Labute approximate surface area is 168 Å². The Morgan fingerprint density at radius 1 is 1.21 bits per heavy atom. The second-order valence-electron chi connectivity index (χ2n) is 9.50. The average molecular weight is 387 g/mol. The molecule has 0 aromatic heterocycles. The van der Waals surface area contributed by atoms with E-state index in [1.165, 1.54) is 6.08 Å². The van der Waals surface area contributed by atoms with Crippen molar-refractivity contribution in [1.82, 2.24) is 0 Å². The first kappa shape index (κ1) is 21.1. The molecule has 0 radical (unpaired) electrons. The fourth-order valence-electron chi connectivity index (χ4n) is 5.57. The van der Waals surface area contributed by atoms with E-state index in [1.807, 2.05) is 44.2 Å². The molecule has 4 heteroatoms. The number of aliphatic hydroxyl groups excluding tert-OH is 1. The van der Waals surface area contributed by atoms with Crippen molar-refractivity contribution in [1.29, 1.82) is 0 Å². The number of hydrogen-bond acceptors (Lipinski definition) is 4. The van der Waals surface area contributed by atoms with E-state index in [-0.39, 0.29) is 23.7 Å². The maximum Gasteiger partial charge on any atom is 0.331 e. The van der Waals surface area contributed by atoms with Crippen molar-refractivity contribution in [3.63, 3.8) is 0 Å². The van der Waals surface area contributed by atoms with E-state index in [1.54, 1.807) is 6.08 Å². The van der Waals surface area contributed by atoms with Crippen LogP contribution in [-0.4, -0.2) is 34.0 Å². The van der Waals surface area contributed by atoms with E-state index in [4.69, 9.17) is 4.74 Å². The van der Waals surface area contributed by atoms with Gasteiger partial charge in [0.2, 0.25) is 0 Å². The molecule has 154 valence electrons. The SMILES string of the molecule is CC(C)[C@@H]1C[C@H](O)[C@@]2(C)CCC[C@](C)(O)[C@@H]2[C@@H]1OC(=O)C=Cc1ccccc1. The van der Waals surface area contributed by atoms with Crippen LogP contribution in [-0.2, 0) is 9.53 Å². The van der Waals surface area contributed by atoms with Crippen molar-refractivity contribution in [3.8, 4) is 0 Å². The van der Waals surface area contributed by atoms with Crippen LogP contribution in [0.4, 0.5) is 0 Å². The molecule has 6 atom stereocenters. The van der Waals surface area contributed by atoms with Crippen LogP contribution in [0, 0.1) is 23.2 Å². The van der Waals surface area contributed by atoms with Gasteiger partial charge in [0, 0.05) is 23.3 Å². The second-order valence-corrected chi connectivity index (χ2v) is 9.50. The lowest BCUT2D eigenvalue weighted by Crippen LogP contribution is -2.64. The zero-order valence-electron chi connectivity index (χ0n) is 17.5. The van der Waals surface area contributed by atoms with E-state index in [2.05, 4.69) is 13.8 Å². The van der Waals surface area contributed by atoms with Crippen LogP contribution < -0.4 is 0 Å². The standard InChI is InChI=1S/C24H34O4/c1-16(2)18-15-19(25)23(3)13-8-14-24(4,27)22(23)21(18)28-20(26)12-11-17-9-6-5-7-10-17/h5-7,9-12,16,18-19,21-22,25,27H,8,13-15H2,1-4H3/t18-,19-,21+,22+,23+,24-/m0/s1. The molecule has 0 heterocycles. The van der Waals surface area contributed by atoms with Gasteiger partial charge in [0.05, 0.1) is 11.7 Å². The van der Waals surface area contributed by atoms with Crippen LogP contribution in [0.15, 0.2) is 36.4 Å². The molecular weight excluding hydrogens is 352 g/mol. The largest absolute Gasteiger partial charge is 0.458 e. The van der Waals surface area contributed by atoms with Crippen LogP contribution in [0.1, 0.15) is 58.9 Å². The molecule has 0 unspecified atom stereocenters. The Balaban J connectivity index is 1.87. The van der Waals surface area contributed by atoms with Gasteiger partial charge in [-0.2, -0.15) is 0 Å². The third-order valence-electron chi connectivity index (χ3n) is 7.11. The van der Waals surface area contributed by atoms with Gasteiger partial charge in [-0.3, -0.25) is 0 Å². The molecule has 4 nitrogen and oxygen atoms in total. The molecule has 28 heavy (non-hydrogen) atoms. The van der Waals surface area contributed by atoms with Crippen molar-refractivity contribution >= 4 is 12.0 Å². The van der Waals surface area contributed by atoms with Gasteiger partial charge in [-0.05, 0) is 50.2 Å². The number of benzene rings is 1. The van der Waals surface area contributed by atoms with Gasteiger partial charge in [-0.25, -0.2) is 4.79 Å². The molecule has 0 bridgehead atoms. The molecule has 3 rings (SSSR count). The molecule has 1 aromatic rings. The van der Waals surface area contributed by atoms with Crippen LogP contribution in [0.2, 0.25) is 0 Å². The molecule has 2 N–H and O–H groups in total. The highest BCUT2D eigenvalue weighted by Crippen LogP contribution is 2.57. The predicted molar refractivity (Wildman–Crippen MR) is 110 cm³/mol. The normalized spacial score (nSPS) is 38.4.